The minimum atomic E-state index is -0.357. The Morgan fingerprint density at radius 1 is 1.14 bits per heavy atom. The van der Waals surface area contributed by atoms with Crippen molar-refractivity contribution in [1.82, 2.24) is 20.4 Å². The fourth-order valence-corrected chi connectivity index (χ4v) is 2.58. The summed E-state index contributed by atoms with van der Waals surface area (Å²) in [6.45, 7) is 0.552. The molecule has 0 bridgehead atoms. The van der Waals surface area contributed by atoms with E-state index in [9.17, 15) is 5.11 Å². The second kappa shape index (κ2) is 4.91. The van der Waals surface area contributed by atoms with Crippen LogP contribution in [-0.2, 0) is 0 Å². The molecule has 1 unspecified atom stereocenters. The van der Waals surface area contributed by atoms with E-state index in [1.54, 1.807) is 0 Å². The quantitative estimate of drug-likeness (QED) is 0.744. The molecular formula is C15H14N4O2. The van der Waals surface area contributed by atoms with Gasteiger partial charge in [0.15, 0.2) is 0 Å². The van der Waals surface area contributed by atoms with Gasteiger partial charge in [-0.25, -0.2) is 4.98 Å². The average molecular weight is 282 g/mol. The highest BCUT2D eigenvalue weighted by Gasteiger charge is 2.28. The first-order chi connectivity index (χ1) is 10.3. The topological polar surface area (TPSA) is 84.1 Å². The first-order valence-corrected chi connectivity index (χ1v) is 6.91. The van der Waals surface area contributed by atoms with Crippen molar-refractivity contribution in [2.75, 3.05) is 6.54 Å². The molecular weight excluding hydrogens is 268 g/mol. The van der Waals surface area contributed by atoms with Crippen LogP contribution in [0.4, 0.5) is 0 Å². The number of fused-ring (bicyclic) bond motifs is 1. The van der Waals surface area contributed by atoms with Gasteiger partial charge in [-0.05, 0) is 18.6 Å². The van der Waals surface area contributed by atoms with Gasteiger partial charge in [0.2, 0.25) is 11.7 Å². The van der Waals surface area contributed by atoms with Crippen LogP contribution in [-0.4, -0.2) is 32.9 Å². The third-order valence-corrected chi connectivity index (χ3v) is 3.68. The van der Waals surface area contributed by atoms with Crippen LogP contribution in [0.2, 0.25) is 0 Å². The van der Waals surface area contributed by atoms with E-state index in [4.69, 9.17) is 4.52 Å². The first kappa shape index (κ1) is 12.4. The first-order valence-electron chi connectivity index (χ1n) is 6.91. The van der Waals surface area contributed by atoms with Crippen molar-refractivity contribution in [3.8, 4) is 11.5 Å². The number of rotatable bonds is 2. The summed E-state index contributed by atoms with van der Waals surface area (Å²) in [4.78, 5) is 8.94. The molecule has 0 saturated carbocycles. The fourth-order valence-electron chi connectivity index (χ4n) is 2.58. The van der Waals surface area contributed by atoms with Crippen molar-refractivity contribution in [1.29, 1.82) is 0 Å². The van der Waals surface area contributed by atoms with Gasteiger partial charge in [-0.3, -0.25) is 0 Å². The highest BCUT2D eigenvalue weighted by Crippen LogP contribution is 2.24. The van der Waals surface area contributed by atoms with Crippen molar-refractivity contribution in [2.24, 2.45) is 0 Å². The Bertz CT molecular complexity index is 786. The summed E-state index contributed by atoms with van der Waals surface area (Å²) in [7, 11) is 0. The number of aromatic nitrogens is 3. The lowest BCUT2D eigenvalue weighted by molar-refractivity contribution is 0.191. The van der Waals surface area contributed by atoms with E-state index in [-0.39, 0.29) is 12.1 Å². The molecule has 1 fully saturated rings. The van der Waals surface area contributed by atoms with Crippen LogP contribution >= 0.6 is 0 Å². The lowest BCUT2D eigenvalue weighted by Gasteiger charge is -2.01. The highest BCUT2D eigenvalue weighted by atomic mass is 16.5. The SMILES string of the molecule is OC1CN[C@H](c2nc(-c3ccc4ccccc4n3)no2)C1. The largest absolute Gasteiger partial charge is 0.392 e. The number of hydrogen-bond donors (Lipinski definition) is 2. The van der Waals surface area contributed by atoms with Crippen molar-refractivity contribution in [3.63, 3.8) is 0 Å². The van der Waals surface area contributed by atoms with Gasteiger partial charge in [-0.2, -0.15) is 4.98 Å². The predicted octanol–water partition coefficient (Wildman–Crippen LogP) is 1.68. The van der Waals surface area contributed by atoms with E-state index in [1.807, 2.05) is 36.4 Å². The molecule has 1 saturated heterocycles. The van der Waals surface area contributed by atoms with Gasteiger partial charge in [0.1, 0.15) is 5.69 Å². The molecule has 4 rings (SSSR count). The van der Waals surface area contributed by atoms with Crippen molar-refractivity contribution < 1.29 is 9.63 Å². The monoisotopic (exact) mass is 282 g/mol. The van der Waals surface area contributed by atoms with Gasteiger partial charge < -0.3 is 14.9 Å². The normalized spacial score (nSPS) is 22.0. The zero-order valence-corrected chi connectivity index (χ0v) is 11.2. The van der Waals surface area contributed by atoms with E-state index in [1.165, 1.54) is 0 Å². The molecule has 0 aliphatic carbocycles. The molecule has 2 N–H and O–H groups in total. The number of β-amino-alcohol motifs (C(OH)–C–C–N with tert-alkyl or cyclic N) is 1. The van der Waals surface area contributed by atoms with Crippen molar-refractivity contribution >= 4 is 10.9 Å². The van der Waals surface area contributed by atoms with Gasteiger partial charge >= 0.3 is 0 Å². The Morgan fingerprint density at radius 2 is 2.05 bits per heavy atom. The maximum absolute atomic E-state index is 9.54. The molecule has 3 heterocycles. The molecule has 6 nitrogen and oxygen atoms in total. The van der Waals surface area contributed by atoms with Gasteiger partial charge in [0, 0.05) is 11.9 Å². The second-order valence-electron chi connectivity index (χ2n) is 5.20. The predicted molar refractivity (Wildman–Crippen MR) is 76.4 cm³/mol. The third kappa shape index (κ3) is 2.28. The number of pyridine rings is 1. The molecule has 0 amide bonds. The minimum absolute atomic E-state index is 0.0818. The zero-order chi connectivity index (χ0) is 14.2. The standard InChI is InChI=1S/C15H14N4O2/c20-10-7-13(16-8-10)15-18-14(19-21-15)12-6-5-9-3-1-2-4-11(9)17-12/h1-6,10,13,16,20H,7-8H2/t10?,13-/m0/s1. The molecule has 0 spiro atoms. The molecule has 21 heavy (non-hydrogen) atoms. The van der Waals surface area contributed by atoms with E-state index in [0.717, 1.165) is 10.9 Å². The Kier molecular flexibility index (Phi) is 2.90. The Morgan fingerprint density at radius 3 is 2.90 bits per heavy atom. The Hall–Kier alpha value is -2.31. The summed E-state index contributed by atoms with van der Waals surface area (Å²) in [5.74, 6) is 0.968. The zero-order valence-electron chi connectivity index (χ0n) is 11.2. The van der Waals surface area contributed by atoms with E-state index in [2.05, 4.69) is 20.4 Å². The van der Waals surface area contributed by atoms with Crippen LogP contribution in [0, 0.1) is 0 Å². The number of nitrogens with zero attached hydrogens (tertiary/aromatic N) is 3. The van der Waals surface area contributed by atoms with E-state index < -0.39 is 0 Å². The summed E-state index contributed by atoms with van der Waals surface area (Å²) in [5.41, 5.74) is 1.58. The number of benzene rings is 1. The van der Waals surface area contributed by atoms with E-state index >= 15 is 0 Å². The smallest absolute Gasteiger partial charge is 0.244 e. The highest BCUT2D eigenvalue weighted by molar-refractivity contribution is 5.80. The average Bonchev–Trinajstić information content (AvgIpc) is 3.15. The van der Waals surface area contributed by atoms with Gasteiger partial charge in [0.25, 0.3) is 0 Å². The van der Waals surface area contributed by atoms with Crippen molar-refractivity contribution in [2.45, 2.75) is 18.6 Å². The van der Waals surface area contributed by atoms with Gasteiger partial charge in [-0.1, -0.05) is 29.4 Å². The molecule has 106 valence electrons. The van der Waals surface area contributed by atoms with Crippen LogP contribution in [0.1, 0.15) is 18.4 Å². The number of aliphatic hydroxyl groups is 1. The van der Waals surface area contributed by atoms with Crippen molar-refractivity contribution in [3.05, 3.63) is 42.3 Å². The molecule has 2 atom stereocenters. The maximum Gasteiger partial charge on any atom is 0.244 e. The van der Waals surface area contributed by atoms with Crippen LogP contribution in [0.3, 0.4) is 0 Å². The number of para-hydroxylation sites is 1. The molecule has 1 aliphatic heterocycles. The number of aliphatic hydroxyl groups excluding tert-OH is 1. The van der Waals surface area contributed by atoms with Gasteiger partial charge in [-0.15, -0.1) is 0 Å². The van der Waals surface area contributed by atoms with Crippen LogP contribution < -0.4 is 5.32 Å². The lowest BCUT2D eigenvalue weighted by Crippen LogP contribution is -2.15. The Balaban J connectivity index is 1.67. The third-order valence-electron chi connectivity index (χ3n) is 3.68. The van der Waals surface area contributed by atoms with Gasteiger partial charge in [0.05, 0.1) is 17.7 Å². The summed E-state index contributed by atoms with van der Waals surface area (Å²) in [6, 6.07) is 11.7. The Labute approximate surface area is 120 Å². The molecule has 1 aromatic carbocycles. The fraction of sp³-hybridized carbons (Fsp3) is 0.267. The maximum atomic E-state index is 9.54. The summed E-state index contributed by atoms with van der Waals surface area (Å²) >= 11 is 0. The summed E-state index contributed by atoms with van der Waals surface area (Å²) in [6.07, 6.45) is 0.233. The van der Waals surface area contributed by atoms with Crippen LogP contribution in [0.5, 0.6) is 0 Å². The van der Waals surface area contributed by atoms with Crippen LogP contribution in [0.15, 0.2) is 40.9 Å². The molecule has 0 radical (unpaired) electrons. The molecule has 3 aromatic rings. The molecule has 1 aliphatic rings. The summed E-state index contributed by atoms with van der Waals surface area (Å²) < 4.78 is 5.29. The second-order valence-corrected chi connectivity index (χ2v) is 5.20. The number of nitrogens with one attached hydrogen (secondary N) is 1. The lowest BCUT2D eigenvalue weighted by atomic mass is 10.2. The number of hydrogen-bond acceptors (Lipinski definition) is 6. The summed E-state index contributed by atoms with van der Waals surface area (Å²) in [5, 5.41) is 17.8. The van der Waals surface area contributed by atoms with E-state index in [0.29, 0.717) is 30.4 Å². The minimum Gasteiger partial charge on any atom is -0.392 e. The molecule has 6 heteroatoms. The van der Waals surface area contributed by atoms with Crippen LogP contribution in [0.25, 0.3) is 22.4 Å². The molecule has 2 aromatic heterocycles.